The van der Waals surface area contributed by atoms with Gasteiger partial charge in [0, 0.05) is 13.0 Å². The molecule has 0 aromatic heterocycles. The van der Waals surface area contributed by atoms with Crippen LogP contribution in [0.4, 0.5) is 0 Å². The molecule has 3 N–H and O–H groups in total. The molecule has 0 bridgehead atoms. The van der Waals surface area contributed by atoms with E-state index in [-0.39, 0.29) is 37.4 Å². The van der Waals surface area contributed by atoms with E-state index in [2.05, 4.69) is 16.0 Å². The van der Waals surface area contributed by atoms with E-state index in [0.717, 1.165) is 24.9 Å². The Morgan fingerprint density at radius 1 is 1.27 bits per heavy atom. The Labute approximate surface area is 153 Å². The third-order valence-corrected chi connectivity index (χ3v) is 4.33. The minimum Gasteiger partial charge on any atom is -0.460 e. The summed E-state index contributed by atoms with van der Waals surface area (Å²) in [5, 5.41) is 8.79. The average molecular weight is 361 g/mol. The summed E-state index contributed by atoms with van der Waals surface area (Å²) in [5.41, 5.74) is 0.901. The average Bonchev–Trinajstić information content (AvgIpc) is 3.21. The summed E-state index contributed by atoms with van der Waals surface area (Å²) in [7, 11) is 0. The minimum absolute atomic E-state index is 0.0551. The largest absolute Gasteiger partial charge is 0.460 e. The van der Waals surface area contributed by atoms with E-state index in [4.69, 9.17) is 4.74 Å². The number of rotatable bonds is 10. The first-order valence-electron chi connectivity index (χ1n) is 9.07. The van der Waals surface area contributed by atoms with Gasteiger partial charge in [-0.1, -0.05) is 37.3 Å². The van der Waals surface area contributed by atoms with Crippen LogP contribution in [0.1, 0.15) is 31.7 Å². The van der Waals surface area contributed by atoms with Gasteiger partial charge < -0.3 is 15.4 Å². The van der Waals surface area contributed by atoms with Gasteiger partial charge in [0.1, 0.15) is 6.61 Å². The fourth-order valence-corrected chi connectivity index (χ4v) is 2.78. The molecule has 1 fully saturated rings. The zero-order chi connectivity index (χ0) is 18.8. The first-order chi connectivity index (χ1) is 12.6. The van der Waals surface area contributed by atoms with Crippen molar-refractivity contribution in [3.05, 3.63) is 35.9 Å². The highest BCUT2D eigenvalue weighted by Gasteiger charge is 2.24. The van der Waals surface area contributed by atoms with Crippen LogP contribution >= 0.6 is 0 Å². The Bertz CT molecular complexity index is 600. The van der Waals surface area contributed by atoms with Gasteiger partial charge in [-0.05, 0) is 24.9 Å². The summed E-state index contributed by atoms with van der Waals surface area (Å²) in [5.74, 6) is -0.600. The maximum absolute atomic E-state index is 12.1. The minimum atomic E-state index is -0.602. The van der Waals surface area contributed by atoms with E-state index in [0.29, 0.717) is 6.42 Å². The van der Waals surface area contributed by atoms with Crippen LogP contribution in [0, 0.1) is 0 Å². The Morgan fingerprint density at radius 2 is 2.04 bits per heavy atom. The van der Waals surface area contributed by atoms with Crippen LogP contribution in [-0.2, 0) is 25.7 Å². The van der Waals surface area contributed by atoms with Crippen LogP contribution < -0.4 is 16.0 Å². The van der Waals surface area contributed by atoms with Crippen LogP contribution in [0.25, 0.3) is 0 Å². The molecule has 2 rings (SSSR count). The van der Waals surface area contributed by atoms with E-state index in [1.165, 1.54) is 0 Å². The molecule has 0 saturated carbocycles. The van der Waals surface area contributed by atoms with Gasteiger partial charge >= 0.3 is 5.97 Å². The zero-order valence-corrected chi connectivity index (χ0v) is 15.1. The molecule has 1 amide bonds. The van der Waals surface area contributed by atoms with Crippen molar-refractivity contribution in [3.63, 3.8) is 0 Å². The van der Waals surface area contributed by atoms with Crippen molar-refractivity contribution in [3.8, 4) is 0 Å². The van der Waals surface area contributed by atoms with Gasteiger partial charge in [0.25, 0.3) is 0 Å². The molecule has 26 heavy (non-hydrogen) atoms. The third kappa shape index (κ3) is 6.57. The number of nitrogens with one attached hydrogen (secondary N) is 3. The lowest BCUT2D eigenvalue weighted by molar-refractivity contribution is -0.144. The summed E-state index contributed by atoms with van der Waals surface area (Å²) in [6.45, 7) is 2.86. The van der Waals surface area contributed by atoms with Crippen molar-refractivity contribution < 1.29 is 19.1 Å². The molecule has 1 aromatic carbocycles. The van der Waals surface area contributed by atoms with Crippen molar-refractivity contribution in [2.75, 3.05) is 19.6 Å². The molecule has 7 heteroatoms. The number of carbonyl (C=O) groups is 3. The molecule has 0 radical (unpaired) electrons. The van der Waals surface area contributed by atoms with Crippen LogP contribution in [0.3, 0.4) is 0 Å². The van der Waals surface area contributed by atoms with E-state index < -0.39 is 12.0 Å². The summed E-state index contributed by atoms with van der Waals surface area (Å²) in [4.78, 5) is 36.0. The number of esters is 1. The first-order valence-corrected chi connectivity index (χ1v) is 9.07. The Morgan fingerprint density at radius 3 is 2.69 bits per heavy atom. The normalized spacial score (nSPS) is 17.5. The van der Waals surface area contributed by atoms with Crippen molar-refractivity contribution in [2.45, 2.75) is 44.9 Å². The molecular weight excluding hydrogens is 334 g/mol. The molecule has 0 spiro atoms. The number of ether oxygens (including phenoxy) is 1. The number of ketones is 1. The van der Waals surface area contributed by atoms with E-state index >= 15 is 0 Å². The zero-order valence-electron chi connectivity index (χ0n) is 15.1. The number of amides is 1. The monoisotopic (exact) mass is 361 g/mol. The lowest BCUT2D eigenvalue weighted by Crippen LogP contribution is -2.50. The molecule has 1 heterocycles. The highest BCUT2D eigenvalue weighted by Crippen LogP contribution is 2.04. The molecule has 7 nitrogen and oxygen atoms in total. The molecule has 1 unspecified atom stereocenters. The third-order valence-electron chi connectivity index (χ3n) is 4.33. The second kappa shape index (κ2) is 10.7. The molecule has 142 valence electrons. The van der Waals surface area contributed by atoms with Crippen LogP contribution in [0.5, 0.6) is 0 Å². The number of carbonyl (C=O) groups excluding carboxylic acids is 3. The number of hydrogen-bond donors (Lipinski definition) is 3. The van der Waals surface area contributed by atoms with Gasteiger partial charge in [-0.25, -0.2) is 0 Å². The molecule has 1 aromatic rings. The SMILES string of the molecule is CCC(=O)[C@H](CNC(=O)C1CCCN1)NCC(=O)OCc1ccccc1. The molecule has 0 aliphatic carbocycles. The van der Waals surface area contributed by atoms with Crippen molar-refractivity contribution >= 4 is 17.7 Å². The lowest BCUT2D eigenvalue weighted by atomic mass is 10.1. The maximum Gasteiger partial charge on any atom is 0.320 e. The molecule has 1 saturated heterocycles. The Hall–Kier alpha value is -2.25. The van der Waals surface area contributed by atoms with Gasteiger partial charge in [-0.15, -0.1) is 0 Å². The standard InChI is InChI=1S/C19H27N3O4/c1-2-17(23)16(11-22-19(25)15-9-6-10-20-15)21-12-18(24)26-13-14-7-4-3-5-8-14/h3-5,7-8,15-16,20-21H,2,6,9-13H2,1H3,(H,22,25)/t15?,16-/m0/s1. The predicted molar refractivity (Wildman–Crippen MR) is 97.4 cm³/mol. The van der Waals surface area contributed by atoms with Gasteiger partial charge in [0.05, 0.1) is 18.6 Å². The molecular formula is C19H27N3O4. The highest BCUT2D eigenvalue weighted by molar-refractivity contribution is 5.86. The van der Waals surface area contributed by atoms with Crippen LogP contribution in [-0.4, -0.2) is 49.4 Å². The summed E-state index contributed by atoms with van der Waals surface area (Å²) in [6.07, 6.45) is 2.10. The van der Waals surface area contributed by atoms with Gasteiger partial charge in [-0.3, -0.25) is 19.7 Å². The second-order valence-electron chi connectivity index (χ2n) is 6.29. The van der Waals surface area contributed by atoms with Crippen molar-refractivity contribution in [2.24, 2.45) is 0 Å². The van der Waals surface area contributed by atoms with E-state index in [1.807, 2.05) is 30.3 Å². The van der Waals surface area contributed by atoms with E-state index in [9.17, 15) is 14.4 Å². The quantitative estimate of drug-likeness (QED) is 0.526. The molecule has 2 atom stereocenters. The summed E-state index contributed by atoms with van der Waals surface area (Å²) >= 11 is 0. The van der Waals surface area contributed by atoms with Crippen molar-refractivity contribution in [1.82, 2.24) is 16.0 Å². The van der Waals surface area contributed by atoms with E-state index in [1.54, 1.807) is 6.92 Å². The topological polar surface area (TPSA) is 96.5 Å². The number of benzene rings is 1. The summed E-state index contributed by atoms with van der Waals surface area (Å²) < 4.78 is 5.19. The smallest absolute Gasteiger partial charge is 0.320 e. The molecule has 1 aliphatic rings. The van der Waals surface area contributed by atoms with Gasteiger partial charge in [-0.2, -0.15) is 0 Å². The van der Waals surface area contributed by atoms with Crippen LogP contribution in [0.15, 0.2) is 30.3 Å². The van der Waals surface area contributed by atoms with Crippen LogP contribution in [0.2, 0.25) is 0 Å². The highest BCUT2D eigenvalue weighted by atomic mass is 16.5. The summed E-state index contributed by atoms with van der Waals surface area (Å²) in [6, 6.07) is 8.59. The first kappa shape index (κ1) is 20.1. The fourth-order valence-electron chi connectivity index (χ4n) is 2.78. The number of Topliss-reactive ketones (excluding diaryl/α,β-unsaturated/α-hetero) is 1. The van der Waals surface area contributed by atoms with Gasteiger partial charge in [0.2, 0.25) is 5.91 Å². The fraction of sp³-hybridized carbons (Fsp3) is 0.526. The Kier molecular flexibility index (Phi) is 8.24. The molecule has 1 aliphatic heterocycles. The Balaban J connectivity index is 1.74. The lowest BCUT2D eigenvalue weighted by Gasteiger charge is -2.19. The predicted octanol–water partition coefficient (Wildman–Crippen LogP) is 0.535. The maximum atomic E-state index is 12.1. The van der Waals surface area contributed by atoms with Crippen molar-refractivity contribution in [1.29, 1.82) is 0 Å². The second-order valence-corrected chi connectivity index (χ2v) is 6.29. The number of hydrogen-bond acceptors (Lipinski definition) is 6. The van der Waals surface area contributed by atoms with Gasteiger partial charge in [0.15, 0.2) is 5.78 Å².